The average molecular weight is 255 g/mol. The number of benzene rings is 1. The summed E-state index contributed by atoms with van der Waals surface area (Å²) < 4.78 is 0. The Kier molecular flexibility index (Phi) is 5.29. The van der Waals surface area contributed by atoms with Crippen LogP contribution in [0.25, 0.3) is 0 Å². The molecule has 0 aliphatic carbocycles. The summed E-state index contributed by atoms with van der Waals surface area (Å²) in [5, 5.41) is 0.786. The van der Waals surface area contributed by atoms with Crippen LogP contribution in [0.2, 0.25) is 5.02 Å². The van der Waals surface area contributed by atoms with Crippen LogP contribution in [0, 0.1) is 0 Å². The highest BCUT2D eigenvalue weighted by Crippen LogP contribution is 2.30. The Morgan fingerprint density at radius 1 is 1.29 bits per heavy atom. The molecule has 0 amide bonds. The van der Waals surface area contributed by atoms with Gasteiger partial charge in [0, 0.05) is 19.1 Å². The summed E-state index contributed by atoms with van der Waals surface area (Å²) in [5.74, 6) is 0. The molecule has 0 fully saturated rings. The standard InChI is InChI=1S/C14H23ClN2/c1-5-12(6-2)17(4)14-8-7-11(10(3)16)9-13(14)15/h7-10,12H,5-6,16H2,1-4H3/t10-/m0/s1. The zero-order valence-corrected chi connectivity index (χ0v) is 12.0. The van der Waals surface area contributed by atoms with E-state index in [9.17, 15) is 0 Å². The van der Waals surface area contributed by atoms with Gasteiger partial charge in [0.15, 0.2) is 0 Å². The number of anilines is 1. The van der Waals surface area contributed by atoms with Gasteiger partial charge in [-0.3, -0.25) is 0 Å². The highest BCUT2D eigenvalue weighted by molar-refractivity contribution is 6.33. The van der Waals surface area contributed by atoms with Crippen LogP contribution < -0.4 is 10.6 Å². The Labute approximate surface area is 110 Å². The lowest BCUT2D eigenvalue weighted by molar-refractivity contribution is 0.591. The van der Waals surface area contributed by atoms with Crippen molar-refractivity contribution in [2.45, 2.75) is 45.7 Å². The highest BCUT2D eigenvalue weighted by Gasteiger charge is 2.14. The number of halogens is 1. The molecule has 17 heavy (non-hydrogen) atoms. The molecule has 1 rings (SSSR count). The van der Waals surface area contributed by atoms with Crippen molar-refractivity contribution < 1.29 is 0 Å². The van der Waals surface area contributed by atoms with Crippen LogP contribution in [0.5, 0.6) is 0 Å². The molecule has 0 aliphatic heterocycles. The quantitative estimate of drug-likeness (QED) is 0.861. The molecule has 0 saturated heterocycles. The van der Waals surface area contributed by atoms with Crippen molar-refractivity contribution in [2.75, 3.05) is 11.9 Å². The molecule has 1 aromatic carbocycles. The molecule has 0 aliphatic rings. The topological polar surface area (TPSA) is 29.3 Å². The van der Waals surface area contributed by atoms with Crippen LogP contribution in [-0.4, -0.2) is 13.1 Å². The Morgan fingerprint density at radius 3 is 2.29 bits per heavy atom. The fourth-order valence-corrected chi connectivity index (χ4v) is 2.45. The first-order chi connectivity index (χ1) is 8.01. The van der Waals surface area contributed by atoms with Crippen LogP contribution in [0.4, 0.5) is 5.69 Å². The second-order valence-corrected chi connectivity index (χ2v) is 4.99. The maximum atomic E-state index is 6.33. The van der Waals surface area contributed by atoms with Crippen molar-refractivity contribution >= 4 is 17.3 Å². The predicted molar refractivity (Wildman–Crippen MR) is 76.8 cm³/mol. The van der Waals surface area contributed by atoms with E-state index < -0.39 is 0 Å². The van der Waals surface area contributed by atoms with E-state index >= 15 is 0 Å². The molecule has 0 unspecified atom stereocenters. The molecule has 3 heteroatoms. The maximum absolute atomic E-state index is 6.33. The van der Waals surface area contributed by atoms with Gasteiger partial charge in [-0.1, -0.05) is 31.5 Å². The van der Waals surface area contributed by atoms with Crippen molar-refractivity contribution in [1.82, 2.24) is 0 Å². The lowest BCUT2D eigenvalue weighted by Gasteiger charge is -2.29. The lowest BCUT2D eigenvalue weighted by atomic mass is 10.1. The van der Waals surface area contributed by atoms with E-state index in [1.165, 1.54) is 0 Å². The number of rotatable bonds is 5. The van der Waals surface area contributed by atoms with Crippen LogP contribution in [0.3, 0.4) is 0 Å². The molecule has 0 spiro atoms. The normalized spacial score (nSPS) is 12.9. The van der Waals surface area contributed by atoms with E-state index in [1.807, 2.05) is 13.0 Å². The second kappa shape index (κ2) is 6.27. The number of hydrogen-bond acceptors (Lipinski definition) is 2. The number of nitrogens with two attached hydrogens (primary N) is 1. The van der Waals surface area contributed by atoms with Crippen molar-refractivity contribution in [3.63, 3.8) is 0 Å². The molecule has 0 saturated carbocycles. The van der Waals surface area contributed by atoms with E-state index in [0.29, 0.717) is 6.04 Å². The van der Waals surface area contributed by atoms with Gasteiger partial charge in [0.1, 0.15) is 0 Å². The largest absolute Gasteiger partial charge is 0.370 e. The van der Waals surface area contributed by atoms with E-state index in [0.717, 1.165) is 29.1 Å². The minimum absolute atomic E-state index is 0.0278. The fourth-order valence-electron chi connectivity index (χ4n) is 2.13. The molecule has 0 bridgehead atoms. The smallest absolute Gasteiger partial charge is 0.0642 e. The molecule has 0 aromatic heterocycles. The van der Waals surface area contributed by atoms with E-state index in [2.05, 4.69) is 37.9 Å². The minimum Gasteiger partial charge on any atom is -0.370 e. The highest BCUT2D eigenvalue weighted by atomic mass is 35.5. The molecular weight excluding hydrogens is 232 g/mol. The number of nitrogens with zero attached hydrogens (tertiary/aromatic N) is 1. The molecule has 0 radical (unpaired) electrons. The van der Waals surface area contributed by atoms with Gasteiger partial charge in [0.2, 0.25) is 0 Å². The van der Waals surface area contributed by atoms with Crippen LogP contribution >= 0.6 is 11.6 Å². The van der Waals surface area contributed by atoms with E-state index in [-0.39, 0.29) is 6.04 Å². The van der Waals surface area contributed by atoms with Crippen molar-refractivity contribution in [1.29, 1.82) is 0 Å². The van der Waals surface area contributed by atoms with Gasteiger partial charge >= 0.3 is 0 Å². The van der Waals surface area contributed by atoms with Gasteiger partial charge in [0.25, 0.3) is 0 Å². The molecule has 96 valence electrons. The number of hydrogen-bond donors (Lipinski definition) is 1. The molecule has 0 heterocycles. The van der Waals surface area contributed by atoms with Gasteiger partial charge in [0.05, 0.1) is 10.7 Å². The Morgan fingerprint density at radius 2 is 1.88 bits per heavy atom. The first kappa shape index (κ1) is 14.3. The molecular formula is C14H23ClN2. The Balaban J connectivity index is 2.99. The first-order valence-electron chi connectivity index (χ1n) is 6.29. The molecule has 2 N–H and O–H groups in total. The van der Waals surface area contributed by atoms with Crippen LogP contribution in [0.15, 0.2) is 18.2 Å². The van der Waals surface area contributed by atoms with Crippen molar-refractivity contribution in [2.24, 2.45) is 5.73 Å². The van der Waals surface area contributed by atoms with Gasteiger partial charge in [-0.25, -0.2) is 0 Å². The summed E-state index contributed by atoms with van der Waals surface area (Å²) in [6, 6.07) is 6.67. The third-order valence-corrected chi connectivity index (χ3v) is 3.67. The summed E-state index contributed by atoms with van der Waals surface area (Å²) >= 11 is 6.33. The summed E-state index contributed by atoms with van der Waals surface area (Å²) in [6.45, 7) is 6.37. The predicted octanol–water partition coefficient (Wildman–Crippen LogP) is 3.98. The lowest BCUT2D eigenvalue weighted by Crippen LogP contribution is -2.30. The fraction of sp³-hybridized carbons (Fsp3) is 0.571. The minimum atomic E-state index is 0.0278. The molecule has 2 nitrogen and oxygen atoms in total. The van der Waals surface area contributed by atoms with E-state index in [4.69, 9.17) is 17.3 Å². The van der Waals surface area contributed by atoms with Gasteiger partial charge in [-0.05, 0) is 37.5 Å². The third-order valence-electron chi connectivity index (χ3n) is 3.37. The molecule has 1 aromatic rings. The zero-order valence-electron chi connectivity index (χ0n) is 11.2. The van der Waals surface area contributed by atoms with Crippen molar-refractivity contribution in [3.8, 4) is 0 Å². The summed E-state index contributed by atoms with van der Waals surface area (Å²) in [4.78, 5) is 2.26. The third kappa shape index (κ3) is 3.36. The van der Waals surface area contributed by atoms with Crippen molar-refractivity contribution in [3.05, 3.63) is 28.8 Å². The second-order valence-electron chi connectivity index (χ2n) is 4.58. The summed E-state index contributed by atoms with van der Waals surface area (Å²) in [6.07, 6.45) is 2.25. The molecule has 1 atom stereocenters. The summed E-state index contributed by atoms with van der Waals surface area (Å²) in [7, 11) is 2.10. The van der Waals surface area contributed by atoms with Gasteiger partial charge in [-0.15, -0.1) is 0 Å². The monoisotopic (exact) mass is 254 g/mol. The summed E-state index contributed by atoms with van der Waals surface area (Å²) in [5.41, 5.74) is 8.02. The maximum Gasteiger partial charge on any atom is 0.0642 e. The Bertz CT molecular complexity index is 359. The van der Waals surface area contributed by atoms with Gasteiger partial charge in [-0.2, -0.15) is 0 Å². The first-order valence-corrected chi connectivity index (χ1v) is 6.66. The van der Waals surface area contributed by atoms with Gasteiger partial charge < -0.3 is 10.6 Å². The average Bonchev–Trinajstić information content (AvgIpc) is 2.30. The SMILES string of the molecule is CCC(CC)N(C)c1ccc([C@H](C)N)cc1Cl. The Hall–Kier alpha value is -0.730. The zero-order chi connectivity index (χ0) is 13.0. The van der Waals surface area contributed by atoms with Crippen LogP contribution in [-0.2, 0) is 0 Å². The van der Waals surface area contributed by atoms with Crippen LogP contribution in [0.1, 0.15) is 45.2 Å². The van der Waals surface area contributed by atoms with E-state index in [1.54, 1.807) is 0 Å².